The minimum Gasteiger partial charge on any atom is -0.341 e. The minimum absolute atomic E-state index is 0.0556. The van der Waals surface area contributed by atoms with Gasteiger partial charge in [0.2, 0.25) is 23.4 Å². The molecule has 1 aromatic carbocycles. The van der Waals surface area contributed by atoms with Crippen molar-refractivity contribution >= 4 is 17.5 Å². The van der Waals surface area contributed by atoms with Crippen LogP contribution in [0.3, 0.4) is 0 Å². The topological polar surface area (TPSA) is 85.0 Å². The zero-order chi connectivity index (χ0) is 18.1. The maximum atomic E-state index is 13.8. The number of likely N-dealkylation sites (tertiary alicyclic amines) is 1. The maximum Gasteiger partial charge on any atom is 0.240 e. The lowest BCUT2D eigenvalue weighted by atomic mass is 9.98. The molecule has 0 N–H and O–H groups in total. The van der Waals surface area contributed by atoms with Crippen LogP contribution in [-0.4, -0.2) is 44.0 Å². The van der Waals surface area contributed by atoms with Gasteiger partial charge >= 0.3 is 0 Å². The molecule has 0 atom stereocenters. The van der Waals surface area contributed by atoms with Crippen LogP contribution in [0.25, 0.3) is 11.6 Å². The molecule has 1 fully saturated rings. The Morgan fingerprint density at radius 2 is 2.00 bits per heavy atom. The molecular weight excluding hydrogens is 361 g/mol. The third-order valence-corrected chi connectivity index (χ3v) is 4.53. The average Bonchev–Trinajstić information content (AvgIpc) is 3.07. The van der Waals surface area contributed by atoms with Crippen LogP contribution in [0, 0.1) is 5.82 Å². The quantitative estimate of drug-likeness (QED) is 0.698. The van der Waals surface area contributed by atoms with Crippen molar-refractivity contribution in [3.8, 4) is 11.6 Å². The summed E-state index contributed by atoms with van der Waals surface area (Å²) in [5.41, 5.74) is 0.212. The van der Waals surface area contributed by atoms with Gasteiger partial charge in [0.15, 0.2) is 0 Å². The Morgan fingerprint density at radius 1 is 1.23 bits per heavy atom. The Hall–Kier alpha value is -2.87. The summed E-state index contributed by atoms with van der Waals surface area (Å²) in [6, 6.07) is 6.06. The number of rotatable bonds is 4. The van der Waals surface area contributed by atoms with Crippen LogP contribution in [0.5, 0.6) is 0 Å². The lowest BCUT2D eigenvalue weighted by Crippen LogP contribution is -2.49. The van der Waals surface area contributed by atoms with Crippen LogP contribution >= 0.6 is 11.6 Å². The first-order valence-electron chi connectivity index (χ1n) is 7.93. The van der Waals surface area contributed by atoms with Crippen molar-refractivity contribution in [1.29, 1.82) is 0 Å². The maximum absolute atomic E-state index is 13.8. The Bertz CT molecular complexity index is 923. The molecule has 0 saturated carbocycles. The van der Waals surface area contributed by atoms with Crippen molar-refractivity contribution in [2.24, 2.45) is 0 Å². The molecule has 9 heteroatoms. The van der Waals surface area contributed by atoms with E-state index in [9.17, 15) is 9.18 Å². The van der Waals surface area contributed by atoms with Gasteiger partial charge in [-0.15, -0.1) is 0 Å². The molecule has 7 nitrogen and oxygen atoms in total. The van der Waals surface area contributed by atoms with Crippen LogP contribution in [0.4, 0.5) is 4.39 Å². The van der Waals surface area contributed by atoms with E-state index in [0.29, 0.717) is 30.6 Å². The SMILES string of the molecule is O=C(Cc1c(F)cccc1Cl)N1CC(c2nc(-c3ncccn3)no2)C1. The van der Waals surface area contributed by atoms with Crippen molar-refractivity contribution in [2.45, 2.75) is 12.3 Å². The fourth-order valence-electron chi connectivity index (χ4n) is 2.71. The van der Waals surface area contributed by atoms with Crippen molar-refractivity contribution in [2.75, 3.05) is 13.1 Å². The molecule has 1 aliphatic rings. The fourth-order valence-corrected chi connectivity index (χ4v) is 2.94. The molecular formula is C17H13ClFN5O2. The molecule has 0 aliphatic carbocycles. The van der Waals surface area contributed by atoms with E-state index in [4.69, 9.17) is 16.1 Å². The van der Waals surface area contributed by atoms with Gasteiger partial charge in [-0.2, -0.15) is 4.98 Å². The van der Waals surface area contributed by atoms with Gasteiger partial charge in [-0.3, -0.25) is 4.79 Å². The van der Waals surface area contributed by atoms with Gasteiger partial charge in [0.25, 0.3) is 0 Å². The van der Waals surface area contributed by atoms with E-state index in [1.807, 2.05) is 0 Å². The number of halogens is 2. The lowest BCUT2D eigenvalue weighted by molar-refractivity contribution is -0.135. The second kappa shape index (κ2) is 6.80. The largest absolute Gasteiger partial charge is 0.341 e. The number of carbonyl (C=O) groups excluding carboxylic acids is 1. The molecule has 1 aliphatic heterocycles. The number of carbonyl (C=O) groups is 1. The van der Waals surface area contributed by atoms with E-state index in [2.05, 4.69) is 20.1 Å². The highest BCUT2D eigenvalue weighted by Gasteiger charge is 2.36. The predicted octanol–water partition coefficient (Wildman–Crippen LogP) is 2.49. The molecule has 2 aromatic heterocycles. The molecule has 0 bridgehead atoms. The number of amides is 1. The monoisotopic (exact) mass is 373 g/mol. The predicted molar refractivity (Wildman–Crippen MR) is 89.8 cm³/mol. The van der Waals surface area contributed by atoms with E-state index < -0.39 is 5.82 Å². The van der Waals surface area contributed by atoms with Gasteiger partial charge in [0.05, 0.1) is 12.3 Å². The first-order valence-corrected chi connectivity index (χ1v) is 8.31. The van der Waals surface area contributed by atoms with E-state index in [-0.39, 0.29) is 28.8 Å². The number of hydrogen-bond donors (Lipinski definition) is 0. The Balaban J connectivity index is 1.38. The molecule has 132 valence electrons. The molecule has 1 saturated heterocycles. The highest BCUT2D eigenvalue weighted by Crippen LogP contribution is 2.28. The third-order valence-electron chi connectivity index (χ3n) is 4.18. The summed E-state index contributed by atoms with van der Waals surface area (Å²) in [5, 5.41) is 4.12. The smallest absolute Gasteiger partial charge is 0.240 e. The molecule has 1 amide bonds. The van der Waals surface area contributed by atoms with Gasteiger partial charge < -0.3 is 9.42 Å². The Kier molecular flexibility index (Phi) is 4.34. The molecule has 0 spiro atoms. The third kappa shape index (κ3) is 3.15. The average molecular weight is 374 g/mol. The number of benzene rings is 1. The molecule has 3 heterocycles. The van der Waals surface area contributed by atoms with Crippen molar-refractivity contribution < 1.29 is 13.7 Å². The number of aromatic nitrogens is 4. The van der Waals surface area contributed by atoms with Crippen LogP contribution in [0.2, 0.25) is 5.02 Å². The lowest BCUT2D eigenvalue weighted by Gasteiger charge is -2.37. The molecule has 3 aromatic rings. The summed E-state index contributed by atoms with van der Waals surface area (Å²) in [5.74, 6) is 0.389. The molecule has 0 radical (unpaired) electrons. The van der Waals surface area contributed by atoms with Crippen LogP contribution in [0.1, 0.15) is 17.4 Å². The number of nitrogens with zero attached hydrogens (tertiary/aromatic N) is 5. The van der Waals surface area contributed by atoms with E-state index in [1.54, 1.807) is 29.4 Å². The Labute approximate surface area is 152 Å². The second-order valence-electron chi connectivity index (χ2n) is 5.90. The van der Waals surface area contributed by atoms with E-state index in [0.717, 1.165) is 0 Å². The normalized spacial score (nSPS) is 14.3. The van der Waals surface area contributed by atoms with Gasteiger partial charge in [-0.25, -0.2) is 14.4 Å². The summed E-state index contributed by atoms with van der Waals surface area (Å²) >= 11 is 5.97. The molecule has 26 heavy (non-hydrogen) atoms. The van der Waals surface area contributed by atoms with Gasteiger partial charge in [-0.05, 0) is 18.2 Å². The standard InChI is InChI=1S/C17H13ClFN5O2/c18-12-3-1-4-13(19)11(12)7-14(25)24-8-10(9-24)17-22-16(23-26-17)15-20-5-2-6-21-15/h1-6,10H,7-9H2. The fraction of sp³-hybridized carbons (Fsp3) is 0.235. The van der Waals surface area contributed by atoms with Crippen LogP contribution in [0.15, 0.2) is 41.2 Å². The van der Waals surface area contributed by atoms with E-state index >= 15 is 0 Å². The first kappa shape index (κ1) is 16.6. The zero-order valence-corrected chi connectivity index (χ0v) is 14.2. The summed E-state index contributed by atoms with van der Waals surface area (Å²) in [6.45, 7) is 0.865. The Morgan fingerprint density at radius 3 is 2.73 bits per heavy atom. The van der Waals surface area contributed by atoms with Gasteiger partial charge in [-0.1, -0.05) is 22.8 Å². The molecule has 4 rings (SSSR count). The minimum atomic E-state index is -0.479. The van der Waals surface area contributed by atoms with Crippen LogP contribution < -0.4 is 0 Å². The van der Waals surface area contributed by atoms with Crippen LogP contribution in [-0.2, 0) is 11.2 Å². The zero-order valence-electron chi connectivity index (χ0n) is 13.5. The summed E-state index contributed by atoms with van der Waals surface area (Å²) in [7, 11) is 0. The highest BCUT2D eigenvalue weighted by atomic mass is 35.5. The second-order valence-corrected chi connectivity index (χ2v) is 6.31. The number of hydrogen-bond acceptors (Lipinski definition) is 6. The van der Waals surface area contributed by atoms with E-state index in [1.165, 1.54) is 12.1 Å². The summed E-state index contributed by atoms with van der Waals surface area (Å²) in [4.78, 5) is 26.3. The first-order chi connectivity index (χ1) is 12.6. The van der Waals surface area contributed by atoms with Crippen molar-refractivity contribution in [3.63, 3.8) is 0 Å². The van der Waals surface area contributed by atoms with Gasteiger partial charge in [0, 0.05) is 36.1 Å². The highest BCUT2D eigenvalue weighted by molar-refractivity contribution is 6.31. The van der Waals surface area contributed by atoms with Crippen molar-refractivity contribution in [3.05, 3.63) is 59.0 Å². The summed E-state index contributed by atoms with van der Waals surface area (Å²) < 4.78 is 19.0. The summed E-state index contributed by atoms with van der Waals surface area (Å²) in [6.07, 6.45) is 3.11. The van der Waals surface area contributed by atoms with Gasteiger partial charge in [0.1, 0.15) is 5.82 Å². The van der Waals surface area contributed by atoms with Crippen molar-refractivity contribution in [1.82, 2.24) is 25.0 Å². The molecule has 0 unspecified atom stereocenters.